The number of ether oxygens (including phenoxy) is 1. The molecule has 6 heteroatoms. The fourth-order valence-electron chi connectivity index (χ4n) is 1.44. The summed E-state index contributed by atoms with van der Waals surface area (Å²) in [7, 11) is 0. The lowest BCUT2D eigenvalue weighted by Crippen LogP contribution is -2.15. The lowest BCUT2D eigenvalue weighted by molar-refractivity contribution is -0.139. The number of esters is 1. The van der Waals surface area contributed by atoms with Crippen molar-refractivity contribution in [2.75, 3.05) is 12.4 Å². The molecule has 1 aromatic heterocycles. The van der Waals surface area contributed by atoms with Gasteiger partial charge in [-0.1, -0.05) is 11.6 Å². The maximum Gasteiger partial charge on any atom is 0.316 e. The van der Waals surface area contributed by atoms with E-state index in [1.165, 1.54) is 11.8 Å². The van der Waals surface area contributed by atoms with E-state index in [2.05, 4.69) is 4.98 Å². The largest absolute Gasteiger partial charge is 0.457 e. The first-order chi connectivity index (χ1) is 9.65. The van der Waals surface area contributed by atoms with Crippen LogP contribution in [0.15, 0.2) is 47.5 Å². The maximum atomic E-state index is 11.6. The van der Waals surface area contributed by atoms with E-state index in [1.54, 1.807) is 30.5 Å². The van der Waals surface area contributed by atoms with Gasteiger partial charge in [-0.3, -0.25) is 9.59 Å². The number of halogens is 1. The number of aromatic amines is 1. The number of benzene rings is 1. The van der Waals surface area contributed by atoms with Crippen LogP contribution in [0, 0.1) is 0 Å². The molecule has 2 aromatic rings. The molecule has 4 nitrogen and oxygen atoms in total. The molecule has 0 aliphatic rings. The zero-order valence-corrected chi connectivity index (χ0v) is 12.0. The van der Waals surface area contributed by atoms with Crippen LogP contribution in [0.4, 0.5) is 0 Å². The Morgan fingerprint density at radius 1 is 1.20 bits per heavy atom. The van der Waals surface area contributed by atoms with Gasteiger partial charge in [0.15, 0.2) is 6.61 Å². The molecule has 1 N–H and O–H groups in total. The van der Waals surface area contributed by atoms with Gasteiger partial charge in [-0.25, -0.2) is 0 Å². The predicted octanol–water partition coefficient (Wildman–Crippen LogP) is 3.19. The summed E-state index contributed by atoms with van der Waals surface area (Å²) in [5.41, 5.74) is 0.433. The second kappa shape index (κ2) is 7.17. The average molecular weight is 310 g/mol. The number of rotatable bonds is 6. The van der Waals surface area contributed by atoms with E-state index < -0.39 is 5.97 Å². The molecular formula is C14H12ClNO3S. The van der Waals surface area contributed by atoms with Gasteiger partial charge in [0.25, 0.3) is 0 Å². The monoisotopic (exact) mass is 309 g/mol. The van der Waals surface area contributed by atoms with Crippen LogP contribution < -0.4 is 0 Å². The second-order valence-corrected chi connectivity index (χ2v) is 5.40. The van der Waals surface area contributed by atoms with Gasteiger partial charge >= 0.3 is 5.97 Å². The number of Topliss-reactive ketones (excluding diaryl/α,β-unsaturated/α-hetero) is 1. The smallest absolute Gasteiger partial charge is 0.316 e. The van der Waals surface area contributed by atoms with Crippen molar-refractivity contribution in [3.8, 4) is 0 Å². The van der Waals surface area contributed by atoms with Crippen LogP contribution in [0.25, 0.3) is 0 Å². The lowest BCUT2D eigenvalue weighted by atomic mass is 10.3. The number of hydrogen-bond donors (Lipinski definition) is 1. The highest BCUT2D eigenvalue weighted by molar-refractivity contribution is 8.00. The molecule has 0 saturated carbocycles. The first kappa shape index (κ1) is 14.7. The third kappa shape index (κ3) is 4.43. The Balaban J connectivity index is 1.73. The molecule has 0 radical (unpaired) electrons. The van der Waals surface area contributed by atoms with Gasteiger partial charge in [-0.05, 0) is 36.4 Å². The molecule has 0 aliphatic carbocycles. The minimum absolute atomic E-state index is 0.152. The van der Waals surface area contributed by atoms with Gasteiger partial charge in [-0.15, -0.1) is 11.8 Å². The summed E-state index contributed by atoms with van der Waals surface area (Å²) in [5.74, 6) is -0.524. The van der Waals surface area contributed by atoms with Crippen molar-refractivity contribution >= 4 is 35.1 Å². The van der Waals surface area contributed by atoms with Gasteiger partial charge in [0.05, 0.1) is 11.4 Å². The van der Waals surface area contributed by atoms with Crippen molar-refractivity contribution in [2.45, 2.75) is 4.90 Å². The maximum absolute atomic E-state index is 11.6. The molecule has 0 unspecified atom stereocenters. The minimum Gasteiger partial charge on any atom is -0.457 e. The number of aromatic nitrogens is 1. The van der Waals surface area contributed by atoms with E-state index in [4.69, 9.17) is 16.3 Å². The predicted molar refractivity (Wildman–Crippen MR) is 78.3 cm³/mol. The Morgan fingerprint density at radius 3 is 2.60 bits per heavy atom. The topological polar surface area (TPSA) is 59.2 Å². The van der Waals surface area contributed by atoms with Crippen molar-refractivity contribution in [1.82, 2.24) is 4.98 Å². The molecule has 0 amide bonds. The highest BCUT2D eigenvalue weighted by Crippen LogP contribution is 2.20. The molecule has 20 heavy (non-hydrogen) atoms. The third-order valence-electron chi connectivity index (χ3n) is 2.43. The summed E-state index contributed by atoms with van der Waals surface area (Å²) in [5, 5.41) is 0.647. The number of nitrogens with one attached hydrogen (secondary N) is 1. The van der Waals surface area contributed by atoms with Crippen LogP contribution in [0.1, 0.15) is 10.5 Å². The molecular weight excluding hydrogens is 298 g/mol. The van der Waals surface area contributed by atoms with E-state index in [0.717, 1.165) is 4.90 Å². The quantitative estimate of drug-likeness (QED) is 0.506. The highest BCUT2D eigenvalue weighted by atomic mass is 35.5. The molecule has 0 saturated heterocycles. The molecule has 0 bridgehead atoms. The van der Waals surface area contributed by atoms with E-state index in [-0.39, 0.29) is 18.1 Å². The Hall–Kier alpha value is -1.72. The van der Waals surface area contributed by atoms with Crippen molar-refractivity contribution in [2.24, 2.45) is 0 Å². The van der Waals surface area contributed by atoms with Crippen LogP contribution in [0.2, 0.25) is 5.02 Å². The number of carbonyl (C=O) groups is 2. The molecule has 0 spiro atoms. The zero-order chi connectivity index (χ0) is 14.4. The number of ketones is 1. The summed E-state index contributed by atoms with van der Waals surface area (Å²) in [6.07, 6.45) is 1.64. The van der Waals surface area contributed by atoms with Gasteiger partial charge in [0, 0.05) is 16.1 Å². The molecule has 104 valence electrons. The Bertz CT molecular complexity index is 581. The molecule has 1 heterocycles. The standard InChI is InChI=1S/C14H12ClNO3S/c15-10-3-5-11(6-4-10)20-9-14(18)19-8-13(17)12-2-1-7-16-12/h1-7,16H,8-9H2. The summed E-state index contributed by atoms with van der Waals surface area (Å²) in [4.78, 5) is 26.8. The van der Waals surface area contributed by atoms with Crippen molar-refractivity contribution < 1.29 is 14.3 Å². The zero-order valence-electron chi connectivity index (χ0n) is 10.5. The number of carbonyl (C=O) groups excluding carboxylic acids is 2. The highest BCUT2D eigenvalue weighted by Gasteiger charge is 2.10. The van der Waals surface area contributed by atoms with Crippen molar-refractivity contribution in [1.29, 1.82) is 0 Å². The molecule has 1 aromatic carbocycles. The minimum atomic E-state index is -0.426. The number of H-pyrrole nitrogens is 1. The first-order valence-corrected chi connectivity index (χ1v) is 7.22. The van der Waals surface area contributed by atoms with Gasteiger partial charge in [0.1, 0.15) is 0 Å². The summed E-state index contributed by atoms with van der Waals surface area (Å²) in [6, 6.07) is 10.5. The summed E-state index contributed by atoms with van der Waals surface area (Å²) in [6.45, 7) is -0.249. The van der Waals surface area contributed by atoms with Crippen LogP contribution in [-0.2, 0) is 9.53 Å². The average Bonchev–Trinajstić information content (AvgIpc) is 2.98. The number of hydrogen-bond acceptors (Lipinski definition) is 4. The molecule has 0 atom stereocenters. The van der Waals surface area contributed by atoms with Gasteiger partial charge < -0.3 is 9.72 Å². The summed E-state index contributed by atoms with van der Waals surface area (Å²) < 4.78 is 4.92. The number of thioether (sulfide) groups is 1. The van der Waals surface area contributed by atoms with Crippen LogP contribution in [-0.4, -0.2) is 29.1 Å². The fourth-order valence-corrected chi connectivity index (χ4v) is 2.26. The molecule has 0 fully saturated rings. The lowest BCUT2D eigenvalue weighted by Gasteiger charge is -2.03. The Kier molecular flexibility index (Phi) is 5.26. The van der Waals surface area contributed by atoms with Crippen molar-refractivity contribution in [3.63, 3.8) is 0 Å². The SMILES string of the molecule is O=C(CSc1ccc(Cl)cc1)OCC(=O)c1ccc[nH]1. The molecule has 2 rings (SSSR count). The van der Waals surface area contributed by atoms with Gasteiger partial charge in [-0.2, -0.15) is 0 Å². The normalized spacial score (nSPS) is 10.2. The van der Waals surface area contributed by atoms with Crippen LogP contribution in [0.5, 0.6) is 0 Å². The van der Waals surface area contributed by atoms with Crippen LogP contribution in [0.3, 0.4) is 0 Å². The van der Waals surface area contributed by atoms with E-state index >= 15 is 0 Å². The first-order valence-electron chi connectivity index (χ1n) is 5.86. The van der Waals surface area contributed by atoms with Crippen LogP contribution >= 0.6 is 23.4 Å². The third-order valence-corrected chi connectivity index (χ3v) is 3.67. The van der Waals surface area contributed by atoms with Gasteiger partial charge in [0.2, 0.25) is 5.78 Å². The van der Waals surface area contributed by atoms with E-state index in [1.807, 2.05) is 12.1 Å². The van der Waals surface area contributed by atoms with E-state index in [9.17, 15) is 9.59 Å². The summed E-state index contributed by atoms with van der Waals surface area (Å²) >= 11 is 7.10. The fraction of sp³-hybridized carbons (Fsp3) is 0.143. The van der Waals surface area contributed by atoms with Crippen molar-refractivity contribution in [3.05, 3.63) is 53.3 Å². The Labute approximate surface area is 125 Å². The Morgan fingerprint density at radius 2 is 1.95 bits per heavy atom. The second-order valence-electron chi connectivity index (χ2n) is 3.91. The molecule has 0 aliphatic heterocycles. The van der Waals surface area contributed by atoms with E-state index in [0.29, 0.717) is 10.7 Å².